The van der Waals surface area contributed by atoms with E-state index in [0.717, 1.165) is 25.7 Å². The van der Waals surface area contributed by atoms with E-state index in [1.54, 1.807) is 0 Å². The molecule has 1 aliphatic carbocycles. The summed E-state index contributed by atoms with van der Waals surface area (Å²) < 4.78 is 0. The van der Waals surface area contributed by atoms with Gasteiger partial charge in [-0.05, 0) is 37.8 Å². The maximum Gasteiger partial charge on any atom is 0.230 e. The molecular weight excluding hydrogens is 248 g/mol. The Morgan fingerprint density at radius 3 is 2.50 bits per heavy atom. The lowest BCUT2D eigenvalue weighted by Crippen LogP contribution is -2.44. The van der Waals surface area contributed by atoms with Crippen molar-refractivity contribution in [3.05, 3.63) is 34.9 Å². The van der Waals surface area contributed by atoms with Gasteiger partial charge in [-0.3, -0.25) is 4.79 Å². The van der Waals surface area contributed by atoms with Gasteiger partial charge in [0, 0.05) is 20.1 Å². The van der Waals surface area contributed by atoms with E-state index in [0.29, 0.717) is 13.1 Å². The van der Waals surface area contributed by atoms with Gasteiger partial charge in [0.05, 0.1) is 5.41 Å². The molecule has 1 fully saturated rings. The van der Waals surface area contributed by atoms with Gasteiger partial charge in [0.2, 0.25) is 5.91 Å². The number of amides is 1. The summed E-state index contributed by atoms with van der Waals surface area (Å²) in [5.41, 5.74) is 9.33. The van der Waals surface area contributed by atoms with E-state index in [-0.39, 0.29) is 11.3 Å². The van der Waals surface area contributed by atoms with Crippen molar-refractivity contribution in [3.63, 3.8) is 0 Å². The minimum Gasteiger partial charge on any atom is -0.341 e. The second-order valence-corrected chi connectivity index (χ2v) is 6.28. The number of benzene rings is 1. The van der Waals surface area contributed by atoms with E-state index < -0.39 is 0 Å². The van der Waals surface area contributed by atoms with Crippen LogP contribution in [-0.2, 0) is 11.3 Å². The highest BCUT2D eigenvalue weighted by atomic mass is 16.2. The zero-order valence-electron chi connectivity index (χ0n) is 12.9. The maximum absolute atomic E-state index is 12.7. The average Bonchev–Trinajstić information content (AvgIpc) is 2.91. The lowest BCUT2D eigenvalue weighted by molar-refractivity contribution is -0.140. The fraction of sp³-hybridized carbons (Fsp3) is 0.588. The highest BCUT2D eigenvalue weighted by Gasteiger charge is 2.41. The minimum absolute atomic E-state index is 0.220. The summed E-state index contributed by atoms with van der Waals surface area (Å²) in [6.45, 7) is 5.35. The Morgan fingerprint density at radius 1 is 1.30 bits per heavy atom. The fourth-order valence-electron chi connectivity index (χ4n) is 3.31. The van der Waals surface area contributed by atoms with Gasteiger partial charge < -0.3 is 10.6 Å². The van der Waals surface area contributed by atoms with Gasteiger partial charge >= 0.3 is 0 Å². The van der Waals surface area contributed by atoms with Crippen molar-refractivity contribution >= 4 is 5.91 Å². The first kappa shape index (κ1) is 15.0. The van der Waals surface area contributed by atoms with Crippen LogP contribution in [0.2, 0.25) is 0 Å². The normalized spacial score (nSPS) is 17.2. The van der Waals surface area contributed by atoms with Crippen molar-refractivity contribution < 1.29 is 4.79 Å². The lowest BCUT2D eigenvalue weighted by atomic mass is 9.84. The van der Waals surface area contributed by atoms with Crippen LogP contribution in [-0.4, -0.2) is 24.4 Å². The van der Waals surface area contributed by atoms with Gasteiger partial charge in [-0.15, -0.1) is 0 Å². The summed E-state index contributed by atoms with van der Waals surface area (Å²) >= 11 is 0. The first-order valence-corrected chi connectivity index (χ1v) is 7.50. The van der Waals surface area contributed by atoms with Gasteiger partial charge in [0.25, 0.3) is 0 Å². The quantitative estimate of drug-likeness (QED) is 0.917. The maximum atomic E-state index is 12.7. The van der Waals surface area contributed by atoms with Gasteiger partial charge in [0.1, 0.15) is 0 Å². The van der Waals surface area contributed by atoms with Crippen molar-refractivity contribution in [2.45, 2.75) is 46.1 Å². The van der Waals surface area contributed by atoms with Crippen LogP contribution in [0, 0.1) is 19.3 Å². The molecule has 2 rings (SSSR count). The average molecular weight is 274 g/mol. The highest BCUT2D eigenvalue weighted by Crippen LogP contribution is 2.38. The summed E-state index contributed by atoms with van der Waals surface area (Å²) in [6, 6.07) is 6.40. The molecule has 1 amide bonds. The molecule has 0 unspecified atom stereocenters. The minimum atomic E-state index is -0.298. The zero-order valence-corrected chi connectivity index (χ0v) is 12.9. The van der Waals surface area contributed by atoms with Gasteiger partial charge in [-0.2, -0.15) is 0 Å². The molecule has 0 atom stereocenters. The molecule has 0 aliphatic heterocycles. The molecule has 3 heteroatoms. The van der Waals surface area contributed by atoms with Crippen LogP contribution in [0.5, 0.6) is 0 Å². The molecule has 0 saturated heterocycles. The number of nitrogens with zero attached hydrogens (tertiary/aromatic N) is 1. The third-order valence-corrected chi connectivity index (χ3v) is 4.66. The smallest absolute Gasteiger partial charge is 0.230 e. The van der Waals surface area contributed by atoms with Crippen molar-refractivity contribution in [1.82, 2.24) is 4.90 Å². The van der Waals surface area contributed by atoms with E-state index in [9.17, 15) is 4.79 Å². The van der Waals surface area contributed by atoms with Crippen LogP contribution < -0.4 is 5.73 Å². The summed E-state index contributed by atoms with van der Waals surface area (Å²) in [5, 5.41) is 0. The third-order valence-electron chi connectivity index (χ3n) is 4.66. The Kier molecular flexibility index (Phi) is 4.48. The molecule has 20 heavy (non-hydrogen) atoms. The second-order valence-electron chi connectivity index (χ2n) is 6.28. The summed E-state index contributed by atoms with van der Waals surface area (Å²) in [7, 11) is 1.90. The van der Waals surface area contributed by atoms with Crippen molar-refractivity contribution in [2.75, 3.05) is 13.6 Å². The van der Waals surface area contributed by atoms with Gasteiger partial charge in [-0.25, -0.2) is 0 Å². The largest absolute Gasteiger partial charge is 0.341 e. The van der Waals surface area contributed by atoms with E-state index in [4.69, 9.17) is 5.73 Å². The number of carbonyl (C=O) groups excluding carboxylic acids is 1. The van der Waals surface area contributed by atoms with E-state index >= 15 is 0 Å². The van der Waals surface area contributed by atoms with Crippen LogP contribution in [0.1, 0.15) is 42.4 Å². The number of hydrogen-bond donors (Lipinski definition) is 1. The molecule has 110 valence electrons. The molecule has 0 spiro atoms. The number of nitrogens with two attached hydrogens (primary N) is 1. The first-order valence-electron chi connectivity index (χ1n) is 7.50. The number of carbonyl (C=O) groups is 1. The number of rotatable bonds is 4. The van der Waals surface area contributed by atoms with Crippen LogP contribution in [0.3, 0.4) is 0 Å². The molecular formula is C17H26N2O. The Balaban J connectivity index is 2.11. The van der Waals surface area contributed by atoms with E-state index in [1.165, 1.54) is 16.7 Å². The van der Waals surface area contributed by atoms with Crippen molar-refractivity contribution in [2.24, 2.45) is 11.1 Å². The topological polar surface area (TPSA) is 46.3 Å². The van der Waals surface area contributed by atoms with Gasteiger partial charge in [-0.1, -0.05) is 36.6 Å². The zero-order chi connectivity index (χ0) is 14.8. The second kappa shape index (κ2) is 5.96. The van der Waals surface area contributed by atoms with E-state index in [2.05, 4.69) is 32.0 Å². The Hall–Kier alpha value is -1.35. The molecule has 3 nitrogen and oxygen atoms in total. The van der Waals surface area contributed by atoms with Crippen LogP contribution in [0.25, 0.3) is 0 Å². The molecule has 1 aliphatic rings. The van der Waals surface area contributed by atoms with E-state index in [1.807, 2.05) is 11.9 Å². The molecule has 1 aromatic rings. The summed E-state index contributed by atoms with van der Waals surface area (Å²) in [5.74, 6) is 0.220. The lowest BCUT2D eigenvalue weighted by Gasteiger charge is -2.31. The molecule has 0 heterocycles. The summed E-state index contributed by atoms with van der Waals surface area (Å²) in [6.07, 6.45) is 4.14. The molecule has 0 radical (unpaired) electrons. The summed E-state index contributed by atoms with van der Waals surface area (Å²) in [4.78, 5) is 14.6. The predicted octanol–water partition coefficient (Wildman–Crippen LogP) is 2.78. The molecule has 2 N–H and O–H groups in total. The Labute approximate surface area is 122 Å². The Morgan fingerprint density at radius 2 is 1.95 bits per heavy atom. The van der Waals surface area contributed by atoms with Crippen LogP contribution in [0.15, 0.2) is 18.2 Å². The molecule has 0 aromatic heterocycles. The highest BCUT2D eigenvalue weighted by molar-refractivity contribution is 5.83. The fourth-order valence-corrected chi connectivity index (χ4v) is 3.31. The number of hydrogen-bond acceptors (Lipinski definition) is 2. The first-order chi connectivity index (χ1) is 9.48. The van der Waals surface area contributed by atoms with Crippen molar-refractivity contribution in [1.29, 1.82) is 0 Å². The monoisotopic (exact) mass is 274 g/mol. The molecule has 1 aromatic carbocycles. The van der Waals surface area contributed by atoms with Crippen molar-refractivity contribution in [3.8, 4) is 0 Å². The van der Waals surface area contributed by atoms with Crippen LogP contribution >= 0.6 is 0 Å². The molecule has 1 saturated carbocycles. The number of aryl methyl sites for hydroxylation is 2. The Bertz CT molecular complexity index is 490. The SMILES string of the molecule is Cc1ccc(CN(C)C(=O)C2(CN)CCCC2)c(C)c1. The predicted molar refractivity (Wildman–Crippen MR) is 82.3 cm³/mol. The van der Waals surface area contributed by atoms with Gasteiger partial charge in [0.15, 0.2) is 0 Å². The molecule has 0 bridgehead atoms. The van der Waals surface area contributed by atoms with Crippen LogP contribution in [0.4, 0.5) is 0 Å². The third kappa shape index (κ3) is 2.88. The standard InChI is InChI=1S/C17H26N2O/c1-13-6-7-15(14(2)10-13)11-19(3)16(20)17(12-18)8-4-5-9-17/h6-7,10H,4-5,8-9,11-12,18H2,1-3H3.